The van der Waals surface area contributed by atoms with E-state index in [1.165, 1.54) is 0 Å². The number of pyridine rings is 1. The first kappa shape index (κ1) is 9.80. The number of alkyl halides is 2. The van der Waals surface area contributed by atoms with E-state index in [-0.39, 0.29) is 4.60 Å². The summed E-state index contributed by atoms with van der Waals surface area (Å²) >= 11 is 7.99. The van der Waals surface area contributed by atoms with Crippen molar-refractivity contribution in [1.29, 1.82) is 0 Å². The number of halogens is 5. The second kappa shape index (κ2) is 3.62. The van der Waals surface area contributed by atoms with E-state index in [0.29, 0.717) is 0 Å². The van der Waals surface area contributed by atoms with E-state index >= 15 is 0 Å². The lowest BCUT2D eigenvalue weighted by Gasteiger charge is -2.02. The maximum absolute atomic E-state index is 12.7. The molecule has 0 aliphatic rings. The second-order valence-corrected chi connectivity index (χ2v) is 3.12. The van der Waals surface area contributed by atoms with Crippen LogP contribution >= 0.6 is 27.5 Å². The maximum Gasteiger partial charge on any atom is 0.281 e. The lowest BCUT2D eigenvalue weighted by Crippen LogP contribution is -1.94. The van der Waals surface area contributed by atoms with Gasteiger partial charge in [0.25, 0.3) is 6.43 Å². The molecular formula is C6H2BrClF3N. The molecule has 0 bridgehead atoms. The van der Waals surface area contributed by atoms with Gasteiger partial charge in [-0.15, -0.1) is 0 Å². The summed E-state index contributed by atoms with van der Waals surface area (Å²) in [5.41, 5.74) is -0.747. The highest BCUT2D eigenvalue weighted by Crippen LogP contribution is 2.28. The first-order valence-electron chi connectivity index (χ1n) is 2.82. The van der Waals surface area contributed by atoms with Gasteiger partial charge in [-0.05, 0) is 15.9 Å². The lowest BCUT2D eigenvalue weighted by molar-refractivity contribution is 0.145. The highest BCUT2D eigenvalue weighted by molar-refractivity contribution is 9.10. The van der Waals surface area contributed by atoms with Crippen LogP contribution in [0, 0.1) is 5.82 Å². The Labute approximate surface area is 79.7 Å². The minimum absolute atomic E-state index is 0.000278. The molecule has 0 unspecified atom stereocenters. The van der Waals surface area contributed by atoms with Crippen LogP contribution in [-0.4, -0.2) is 4.98 Å². The van der Waals surface area contributed by atoms with Crippen molar-refractivity contribution in [3.05, 3.63) is 27.2 Å². The highest BCUT2D eigenvalue weighted by atomic mass is 79.9. The van der Waals surface area contributed by atoms with Crippen molar-refractivity contribution in [2.75, 3.05) is 0 Å². The van der Waals surface area contributed by atoms with E-state index < -0.39 is 23.0 Å². The first-order chi connectivity index (χ1) is 5.52. The summed E-state index contributed by atoms with van der Waals surface area (Å²) in [4.78, 5) is 3.33. The average molecular weight is 260 g/mol. The van der Waals surface area contributed by atoms with Crippen LogP contribution in [-0.2, 0) is 0 Å². The van der Waals surface area contributed by atoms with Gasteiger partial charge in [0.05, 0.1) is 0 Å². The van der Waals surface area contributed by atoms with Crippen LogP contribution < -0.4 is 0 Å². The van der Waals surface area contributed by atoms with Crippen LogP contribution in [0.2, 0.25) is 5.02 Å². The quantitative estimate of drug-likeness (QED) is 0.703. The average Bonchev–Trinajstić information content (AvgIpc) is 1.96. The minimum atomic E-state index is -2.87. The van der Waals surface area contributed by atoms with Gasteiger partial charge >= 0.3 is 0 Å². The molecule has 6 heteroatoms. The molecule has 66 valence electrons. The van der Waals surface area contributed by atoms with Gasteiger partial charge in [0.1, 0.15) is 21.1 Å². The second-order valence-electron chi connectivity index (χ2n) is 1.93. The predicted molar refractivity (Wildman–Crippen MR) is 41.9 cm³/mol. The van der Waals surface area contributed by atoms with Crippen molar-refractivity contribution in [2.24, 2.45) is 0 Å². The normalized spacial score (nSPS) is 10.8. The van der Waals surface area contributed by atoms with Gasteiger partial charge in [-0.2, -0.15) is 0 Å². The van der Waals surface area contributed by atoms with Crippen molar-refractivity contribution < 1.29 is 13.2 Å². The van der Waals surface area contributed by atoms with Gasteiger partial charge < -0.3 is 0 Å². The van der Waals surface area contributed by atoms with Crippen LogP contribution in [0.4, 0.5) is 13.2 Å². The Balaban J connectivity index is 3.28. The van der Waals surface area contributed by atoms with E-state index in [1.807, 2.05) is 0 Å². The fraction of sp³-hybridized carbons (Fsp3) is 0.167. The summed E-state index contributed by atoms with van der Waals surface area (Å²) in [7, 11) is 0. The summed E-state index contributed by atoms with van der Waals surface area (Å²) in [5.74, 6) is -0.908. The van der Waals surface area contributed by atoms with Crippen molar-refractivity contribution in [3.8, 4) is 0 Å². The van der Waals surface area contributed by atoms with E-state index in [2.05, 4.69) is 20.9 Å². The highest BCUT2D eigenvalue weighted by Gasteiger charge is 2.17. The topological polar surface area (TPSA) is 12.9 Å². The molecule has 0 amide bonds. The number of hydrogen-bond acceptors (Lipinski definition) is 1. The van der Waals surface area contributed by atoms with E-state index in [1.54, 1.807) is 0 Å². The van der Waals surface area contributed by atoms with Gasteiger partial charge in [-0.3, -0.25) is 0 Å². The fourth-order valence-corrected chi connectivity index (χ4v) is 1.20. The molecule has 0 saturated carbocycles. The molecule has 0 aliphatic heterocycles. The smallest absolute Gasteiger partial charge is 0.238 e. The fourth-order valence-electron chi connectivity index (χ4n) is 0.631. The zero-order valence-corrected chi connectivity index (χ0v) is 7.83. The molecule has 1 rings (SSSR count). The van der Waals surface area contributed by atoms with Crippen molar-refractivity contribution in [2.45, 2.75) is 6.43 Å². The third-order valence-electron chi connectivity index (χ3n) is 1.11. The van der Waals surface area contributed by atoms with Crippen LogP contribution in [0.15, 0.2) is 10.7 Å². The molecule has 0 fully saturated rings. The maximum atomic E-state index is 12.7. The minimum Gasteiger partial charge on any atom is -0.238 e. The Bertz CT molecular complexity index is 305. The molecule has 1 aromatic heterocycles. The molecule has 0 aromatic carbocycles. The molecule has 0 N–H and O–H groups in total. The van der Waals surface area contributed by atoms with Gasteiger partial charge in [-0.1, -0.05) is 11.6 Å². The van der Waals surface area contributed by atoms with Crippen molar-refractivity contribution >= 4 is 27.5 Å². The largest absolute Gasteiger partial charge is 0.281 e. The van der Waals surface area contributed by atoms with Crippen LogP contribution in [0.5, 0.6) is 0 Å². The van der Waals surface area contributed by atoms with Gasteiger partial charge in [0.2, 0.25) is 0 Å². The predicted octanol–water partition coefficient (Wildman–Crippen LogP) is 3.57. The summed E-state index contributed by atoms with van der Waals surface area (Å²) < 4.78 is 36.8. The van der Waals surface area contributed by atoms with E-state index in [4.69, 9.17) is 11.6 Å². The van der Waals surface area contributed by atoms with E-state index in [9.17, 15) is 13.2 Å². The molecule has 12 heavy (non-hydrogen) atoms. The number of aromatic nitrogens is 1. The number of nitrogens with zero attached hydrogens (tertiary/aromatic N) is 1. The molecule has 1 aromatic rings. The van der Waals surface area contributed by atoms with Crippen molar-refractivity contribution in [3.63, 3.8) is 0 Å². The molecule has 1 nitrogen and oxygen atoms in total. The van der Waals surface area contributed by atoms with Crippen LogP contribution in [0.1, 0.15) is 12.1 Å². The van der Waals surface area contributed by atoms with Crippen LogP contribution in [0.25, 0.3) is 0 Å². The summed E-state index contributed by atoms with van der Waals surface area (Å²) in [6, 6.07) is 0.925. The molecule has 0 radical (unpaired) electrons. The molecule has 1 heterocycles. The zero-order chi connectivity index (χ0) is 9.30. The Hall–Kier alpha value is -0.290. The van der Waals surface area contributed by atoms with Gasteiger partial charge in [-0.25, -0.2) is 18.2 Å². The first-order valence-corrected chi connectivity index (χ1v) is 3.99. The molecule has 0 saturated heterocycles. The Morgan fingerprint density at radius 2 is 2.08 bits per heavy atom. The number of rotatable bonds is 1. The van der Waals surface area contributed by atoms with Crippen molar-refractivity contribution in [1.82, 2.24) is 4.98 Å². The Kier molecular flexibility index (Phi) is 2.95. The Morgan fingerprint density at radius 1 is 1.50 bits per heavy atom. The summed E-state index contributed by atoms with van der Waals surface area (Å²) in [6.45, 7) is 0. The summed E-state index contributed by atoms with van der Waals surface area (Å²) in [5, 5.41) is -0.631. The zero-order valence-electron chi connectivity index (χ0n) is 5.49. The third-order valence-corrected chi connectivity index (χ3v) is 1.89. The monoisotopic (exact) mass is 259 g/mol. The molecular weight excluding hydrogens is 258 g/mol. The van der Waals surface area contributed by atoms with E-state index in [0.717, 1.165) is 6.07 Å². The lowest BCUT2D eigenvalue weighted by atomic mass is 10.3. The van der Waals surface area contributed by atoms with Gasteiger partial charge in [0.15, 0.2) is 0 Å². The van der Waals surface area contributed by atoms with Gasteiger partial charge in [0, 0.05) is 6.07 Å². The number of hydrogen-bond donors (Lipinski definition) is 0. The SMILES string of the molecule is Fc1cc(Br)nc(C(F)F)c1Cl. The van der Waals surface area contributed by atoms with Crippen LogP contribution in [0.3, 0.4) is 0 Å². The molecule has 0 spiro atoms. The summed E-state index contributed by atoms with van der Waals surface area (Å²) in [6.07, 6.45) is -2.87. The molecule has 0 aliphatic carbocycles. The third kappa shape index (κ3) is 1.90. The standard InChI is InChI=1S/C6H2BrClF3N/c7-3-1-2(9)4(8)5(12-3)6(10)11/h1,6H. The Morgan fingerprint density at radius 3 is 2.58 bits per heavy atom. The molecule has 0 atom stereocenters.